The molecular weight excluding hydrogens is 154 g/mol. The van der Waals surface area contributed by atoms with Gasteiger partial charge >= 0.3 is 0 Å². The van der Waals surface area contributed by atoms with E-state index >= 15 is 0 Å². The van der Waals surface area contributed by atoms with Crippen LogP contribution in [0.1, 0.15) is 40.5 Å². The van der Waals surface area contributed by atoms with E-state index in [1.54, 1.807) is 0 Å². The summed E-state index contributed by atoms with van der Waals surface area (Å²) in [6, 6.07) is 0. The van der Waals surface area contributed by atoms with E-state index in [-0.39, 0.29) is 5.60 Å². The van der Waals surface area contributed by atoms with Crippen molar-refractivity contribution in [3.05, 3.63) is 0 Å². The molecule has 0 atom stereocenters. The molecule has 0 radical (unpaired) electrons. The molecule has 3 heteroatoms. The molecule has 0 aliphatic heterocycles. The fourth-order valence-electron chi connectivity index (χ4n) is 0.539. The van der Waals surface area contributed by atoms with Gasteiger partial charge in [0, 0.05) is 0 Å². The number of nitrogens with one attached hydrogen (secondary N) is 1. The van der Waals surface area contributed by atoms with Crippen molar-refractivity contribution in [2.45, 2.75) is 46.1 Å². The summed E-state index contributed by atoms with van der Waals surface area (Å²) in [5.74, 6) is 0. The van der Waals surface area contributed by atoms with Crippen molar-refractivity contribution >= 4 is 0 Å². The second-order valence-corrected chi connectivity index (χ2v) is 3.46. The fourth-order valence-corrected chi connectivity index (χ4v) is 0.539. The summed E-state index contributed by atoms with van der Waals surface area (Å²) in [6.45, 7) is 9.64. The van der Waals surface area contributed by atoms with Crippen molar-refractivity contribution in [2.75, 3.05) is 13.3 Å². The van der Waals surface area contributed by atoms with Crippen LogP contribution in [0, 0.1) is 0 Å². The normalized spacial score (nSPS) is 12.0. The SMILES string of the molecule is CCCNCOOC(C)(C)CC. The molecule has 0 heterocycles. The third-order valence-corrected chi connectivity index (χ3v) is 1.72. The van der Waals surface area contributed by atoms with Crippen molar-refractivity contribution in [1.82, 2.24) is 5.32 Å². The van der Waals surface area contributed by atoms with Gasteiger partial charge in [-0.3, -0.25) is 5.32 Å². The molecule has 1 N–H and O–H groups in total. The minimum absolute atomic E-state index is 0.173. The van der Waals surface area contributed by atoms with Gasteiger partial charge in [0.1, 0.15) is 6.73 Å². The smallest absolute Gasteiger partial charge is 0.133 e. The predicted molar refractivity (Wildman–Crippen MR) is 49.7 cm³/mol. The maximum absolute atomic E-state index is 5.16. The van der Waals surface area contributed by atoms with Gasteiger partial charge in [-0.15, -0.1) is 0 Å². The van der Waals surface area contributed by atoms with E-state index in [9.17, 15) is 0 Å². The third-order valence-electron chi connectivity index (χ3n) is 1.72. The van der Waals surface area contributed by atoms with Crippen LogP contribution in [-0.4, -0.2) is 18.9 Å². The van der Waals surface area contributed by atoms with Crippen LogP contribution in [0.5, 0.6) is 0 Å². The lowest BCUT2D eigenvalue weighted by molar-refractivity contribution is -0.356. The van der Waals surface area contributed by atoms with E-state index in [0.29, 0.717) is 6.73 Å². The first-order chi connectivity index (χ1) is 5.62. The van der Waals surface area contributed by atoms with Crippen LogP contribution in [0.2, 0.25) is 0 Å². The molecule has 12 heavy (non-hydrogen) atoms. The summed E-state index contributed by atoms with van der Waals surface area (Å²) < 4.78 is 0. The standard InChI is InChI=1S/C9H21NO2/c1-5-7-10-8-11-12-9(3,4)6-2/h10H,5-8H2,1-4H3. The Labute approximate surface area is 75.4 Å². The van der Waals surface area contributed by atoms with Crippen molar-refractivity contribution in [3.63, 3.8) is 0 Å². The average molecular weight is 175 g/mol. The zero-order valence-electron chi connectivity index (χ0n) is 8.64. The molecule has 3 nitrogen and oxygen atoms in total. The van der Waals surface area contributed by atoms with Gasteiger partial charge in [0.15, 0.2) is 0 Å². The van der Waals surface area contributed by atoms with E-state index in [4.69, 9.17) is 9.78 Å². The average Bonchev–Trinajstić information content (AvgIpc) is 2.04. The second kappa shape index (κ2) is 6.40. The zero-order valence-corrected chi connectivity index (χ0v) is 8.64. The van der Waals surface area contributed by atoms with E-state index in [1.165, 1.54) is 0 Å². The van der Waals surface area contributed by atoms with Gasteiger partial charge in [-0.1, -0.05) is 13.8 Å². The highest BCUT2D eigenvalue weighted by atomic mass is 17.2. The van der Waals surface area contributed by atoms with Gasteiger partial charge in [-0.05, 0) is 33.2 Å². The Hall–Kier alpha value is -0.120. The van der Waals surface area contributed by atoms with Gasteiger partial charge in [-0.25, -0.2) is 9.78 Å². The van der Waals surface area contributed by atoms with Gasteiger partial charge in [-0.2, -0.15) is 0 Å². The van der Waals surface area contributed by atoms with Crippen molar-refractivity contribution in [1.29, 1.82) is 0 Å². The van der Waals surface area contributed by atoms with Crippen molar-refractivity contribution in [2.24, 2.45) is 0 Å². The Bertz CT molecular complexity index is 105. The summed E-state index contributed by atoms with van der Waals surface area (Å²) in [6.07, 6.45) is 2.06. The van der Waals surface area contributed by atoms with Crippen LogP contribution in [0.15, 0.2) is 0 Å². The molecule has 0 aromatic heterocycles. The third kappa shape index (κ3) is 6.58. The molecule has 0 aliphatic carbocycles. The summed E-state index contributed by atoms with van der Waals surface area (Å²) in [5, 5.41) is 3.08. The molecule has 0 aromatic rings. The Morgan fingerprint density at radius 1 is 1.25 bits per heavy atom. The van der Waals surface area contributed by atoms with Gasteiger partial charge in [0.25, 0.3) is 0 Å². The topological polar surface area (TPSA) is 30.5 Å². The molecule has 0 saturated carbocycles. The first-order valence-corrected chi connectivity index (χ1v) is 4.63. The molecule has 0 aliphatic rings. The highest BCUT2D eigenvalue weighted by Gasteiger charge is 2.16. The largest absolute Gasteiger partial charge is 0.292 e. The van der Waals surface area contributed by atoms with Gasteiger partial charge in [0.05, 0.1) is 5.60 Å². The minimum Gasteiger partial charge on any atom is -0.292 e. The molecule has 0 amide bonds. The Morgan fingerprint density at radius 2 is 1.92 bits per heavy atom. The Balaban J connectivity index is 3.19. The number of hydrogen-bond acceptors (Lipinski definition) is 3. The quantitative estimate of drug-likeness (QED) is 0.278. The lowest BCUT2D eigenvalue weighted by atomic mass is 10.1. The van der Waals surface area contributed by atoms with E-state index in [0.717, 1.165) is 19.4 Å². The maximum atomic E-state index is 5.16. The molecule has 0 rings (SSSR count). The molecular formula is C9H21NO2. The second-order valence-electron chi connectivity index (χ2n) is 3.46. The molecule has 0 unspecified atom stereocenters. The van der Waals surface area contributed by atoms with Crippen LogP contribution >= 0.6 is 0 Å². The summed E-state index contributed by atoms with van der Waals surface area (Å²) in [5.41, 5.74) is -0.173. The zero-order chi connectivity index (χ0) is 9.45. The molecule has 0 aromatic carbocycles. The molecule has 0 saturated heterocycles. The van der Waals surface area contributed by atoms with Crippen molar-refractivity contribution < 1.29 is 9.78 Å². The molecule has 0 fully saturated rings. The van der Waals surface area contributed by atoms with E-state index < -0.39 is 0 Å². The fraction of sp³-hybridized carbons (Fsp3) is 1.00. The first kappa shape index (κ1) is 11.9. The minimum atomic E-state index is -0.173. The predicted octanol–water partition coefficient (Wildman–Crippen LogP) is 2.08. The first-order valence-electron chi connectivity index (χ1n) is 4.63. The lowest BCUT2D eigenvalue weighted by Gasteiger charge is -2.21. The number of rotatable bonds is 7. The van der Waals surface area contributed by atoms with Crippen LogP contribution < -0.4 is 5.32 Å². The van der Waals surface area contributed by atoms with Crippen LogP contribution in [-0.2, 0) is 9.78 Å². The maximum Gasteiger partial charge on any atom is 0.133 e. The highest BCUT2D eigenvalue weighted by molar-refractivity contribution is 4.61. The van der Waals surface area contributed by atoms with Gasteiger partial charge in [0.2, 0.25) is 0 Å². The molecule has 74 valence electrons. The lowest BCUT2D eigenvalue weighted by Crippen LogP contribution is -2.27. The van der Waals surface area contributed by atoms with Crippen molar-refractivity contribution in [3.8, 4) is 0 Å². The summed E-state index contributed by atoms with van der Waals surface area (Å²) in [7, 11) is 0. The molecule has 0 bridgehead atoms. The van der Waals surface area contributed by atoms with E-state index in [2.05, 4.69) is 19.2 Å². The van der Waals surface area contributed by atoms with Crippen LogP contribution in [0.3, 0.4) is 0 Å². The molecule has 0 spiro atoms. The van der Waals surface area contributed by atoms with Crippen LogP contribution in [0.4, 0.5) is 0 Å². The number of hydrogen-bond donors (Lipinski definition) is 1. The summed E-state index contributed by atoms with van der Waals surface area (Å²) in [4.78, 5) is 10.1. The summed E-state index contributed by atoms with van der Waals surface area (Å²) >= 11 is 0. The Kier molecular flexibility index (Phi) is 6.34. The Morgan fingerprint density at radius 3 is 2.42 bits per heavy atom. The van der Waals surface area contributed by atoms with Gasteiger partial charge < -0.3 is 0 Å². The highest BCUT2D eigenvalue weighted by Crippen LogP contribution is 2.12. The van der Waals surface area contributed by atoms with E-state index in [1.807, 2.05) is 13.8 Å². The monoisotopic (exact) mass is 175 g/mol. The van der Waals surface area contributed by atoms with Crippen LogP contribution in [0.25, 0.3) is 0 Å².